The highest BCUT2D eigenvalue weighted by molar-refractivity contribution is 5.71. The predicted octanol–water partition coefficient (Wildman–Crippen LogP) is -0.109. The van der Waals surface area contributed by atoms with Crippen molar-refractivity contribution in [2.45, 2.75) is 18.9 Å². The Balaban J connectivity index is 2.26. The molecule has 0 saturated carbocycles. The molecule has 0 aliphatic carbocycles. The summed E-state index contributed by atoms with van der Waals surface area (Å²) in [6, 6.07) is -0.0212. The van der Waals surface area contributed by atoms with Gasteiger partial charge in [0.15, 0.2) is 0 Å². The number of carboxylic acid groups (broad SMARTS) is 1. The molecule has 0 unspecified atom stereocenters. The Kier molecular flexibility index (Phi) is 4.36. The van der Waals surface area contributed by atoms with Crippen LogP contribution < -0.4 is 5.32 Å². The molecule has 15 heavy (non-hydrogen) atoms. The third-order valence-corrected chi connectivity index (χ3v) is 2.50. The van der Waals surface area contributed by atoms with E-state index in [0.29, 0.717) is 13.1 Å². The van der Waals surface area contributed by atoms with E-state index in [0.717, 1.165) is 12.8 Å². The molecule has 0 aromatic carbocycles. The van der Waals surface area contributed by atoms with Gasteiger partial charge in [0.1, 0.15) is 0 Å². The zero-order valence-corrected chi connectivity index (χ0v) is 8.73. The summed E-state index contributed by atoms with van der Waals surface area (Å²) in [4.78, 5) is 23.0. The largest absolute Gasteiger partial charge is 0.468 e. The number of methoxy groups -OCH3 is 1. The fraction of sp³-hybridized carbons (Fsp3) is 0.778. The Morgan fingerprint density at radius 3 is 2.93 bits per heavy atom. The number of nitrogens with one attached hydrogen (secondary N) is 1. The van der Waals surface area contributed by atoms with Gasteiger partial charge in [0.25, 0.3) is 0 Å². The summed E-state index contributed by atoms with van der Waals surface area (Å²) in [6.07, 6.45) is 0.842. The van der Waals surface area contributed by atoms with Crippen LogP contribution in [0.5, 0.6) is 0 Å². The lowest BCUT2D eigenvalue weighted by Crippen LogP contribution is -2.42. The maximum absolute atomic E-state index is 10.8. The third kappa shape index (κ3) is 3.39. The molecular formula is C9H16N2O4. The smallest absolute Gasteiger partial charge is 0.407 e. The number of carbonyl (C=O) groups excluding carboxylic acids is 1. The maximum atomic E-state index is 10.8. The third-order valence-electron chi connectivity index (χ3n) is 2.50. The highest BCUT2D eigenvalue weighted by Crippen LogP contribution is 2.16. The van der Waals surface area contributed by atoms with Crippen molar-refractivity contribution in [1.29, 1.82) is 0 Å². The maximum Gasteiger partial charge on any atom is 0.407 e. The van der Waals surface area contributed by atoms with E-state index in [1.54, 1.807) is 0 Å². The van der Waals surface area contributed by atoms with Crippen LogP contribution in [0.4, 0.5) is 4.79 Å². The van der Waals surface area contributed by atoms with Crippen molar-refractivity contribution in [2.24, 2.45) is 0 Å². The van der Waals surface area contributed by atoms with Crippen molar-refractivity contribution in [1.82, 2.24) is 10.2 Å². The van der Waals surface area contributed by atoms with Crippen molar-refractivity contribution in [3.8, 4) is 0 Å². The molecule has 1 amide bonds. The summed E-state index contributed by atoms with van der Waals surface area (Å²) in [7, 11) is 1.32. The van der Waals surface area contributed by atoms with Gasteiger partial charge in [0, 0.05) is 19.1 Å². The van der Waals surface area contributed by atoms with Crippen molar-refractivity contribution in [3.05, 3.63) is 0 Å². The van der Waals surface area contributed by atoms with Crippen LogP contribution in [0.15, 0.2) is 0 Å². The molecule has 2 N–H and O–H groups in total. The fourth-order valence-corrected chi connectivity index (χ4v) is 1.71. The first kappa shape index (κ1) is 11.8. The minimum absolute atomic E-state index is 0.0212. The molecule has 86 valence electrons. The lowest BCUT2D eigenvalue weighted by atomic mass is 10.2. The molecule has 0 aromatic rings. The van der Waals surface area contributed by atoms with E-state index < -0.39 is 6.09 Å². The van der Waals surface area contributed by atoms with Crippen LogP contribution in [-0.2, 0) is 9.53 Å². The molecule has 1 heterocycles. The SMILES string of the molecule is COC(=O)CNC[C@H]1CCCN1C(=O)O. The minimum atomic E-state index is -0.891. The van der Waals surface area contributed by atoms with Gasteiger partial charge in [-0.25, -0.2) is 4.79 Å². The topological polar surface area (TPSA) is 78.9 Å². The zero-order chi connectivity index (χ0) is 11.3. The number of hydrogen-bond donors (Lipinski definition) is 2. The minimum Gasteiger partial charge on any atom is -0.468 e. The normalized spacial score (nSPS) is 20.3. The number of nitrogens with zero attached hydrogens (tertiary/aromatic N) is 1. The van der Waals surface area contributed by atoms with E-state index in [-0.39, 0.29) is 18.6 Å². The first-order valence-corrected chi connectivity index (χ1v) is 4.92. The Bertz CT molecular complexity index is 244. The van der Waals surface area contributed by atoms with Gasteiger partial charge >= 0.3 is 12.1 Å². The first-order chi connectivity index (χ1) is 7.15. The number of rotatable bonds is 4. The van der Waals surface area contributed by atoms with Crippen LogP contribution >= 0.6 is 0 Å². The van der Waals surface area contributed by atoms with Crippen LogP contribution in [0.2, 0.25) is 0 Å². The van der Waals surface area contributed by atoms with Crippen molar-refractivity contribution >= 4 is 12.1 Å². The number of hydrogen-bond acceptors (Lipinski definition) is 4. The highest BCUT2D eigenvalue weighted by atomic mass is 16.5. The van der Waals surface area contributed by atoms with E-state index in [4.69, 9.17) is 5.11 Å². The number of carbonyl (C=O) groups is 2. The Hall–Kier alpha value is -1.30. The van der Waals surface area contributed by atoms with Gasteiger partial charge in [0.05, 0.1) is 13.7 Å². The van der Waals surface area contributed by atoms with Gasteiger partial charge in [-0.3, -0.25) is 4.79 Å². The van der Waals surface area contributed by atoms with Gasteiger partial charge in [-0.15, -0.1) is 0 Å². The molecule has 1 atom stereocenters. The number of esters is 1. The molecule has 1 aliphatic rings. The monoisotopic (exact) mass is 216 g/mol. The van der Waals surface area contributed by atoms with E-state index in [1.807, 2.05) is 0 Å². The first-order valence-electron chi connectivity index (χ1n) is 4.92. The number of ether oxygens (including phenoxy) is 1. The fourth-order valence-electron chi connectivity index (χ4n) is 1.71. The summed E-state index contributed by atoms with van der Waals surface area (Å²) in [5.74, 6) is -0.338. The molecule has 1 aliphatic heterocycles. The molecule has 0 radical (unpaired) electrons. The summed E-state index contributed by atoms with van der Waals surface area (Å²) < 4.78 is 4.46. The number of amides is 1. The molecule has 6 nitrogen and oxygen atoms in total. The molecular weight excluding hydrogens is 200 g/mol. The Labute approximate surface area is 88.2 Å². The average molecular weight is 216 g/mol. The standard InChI is InChI=1S/C9H16N2O4/c1-15-8(12)6-10-5-7-3-2-4-11(7)9(13)14/h7,10H,2-6H2,1H3,(H,13,14)/t7-/m1/s1. The number of likely N-dealkylation sites (tertiary alicyclic amines) is 1. The van der Waals surface area contributed by atoms with E-state index >= 15 is 0 Å². The Morgan fingerprint density at radius 2 is 2.33 bits per heavy atom. The van der Waals surface area contributed by atoms with Crippen LogP contribution in [0.3, 0.4) is 0 Å². The van der Waals surface area contributed by atoms with Crippen LogP contribution in [0, 0.1) is 0 Å². The summed E-state index contributed by atoms with van der Waals surface area (Å²) in [6.45, 7) is 1.21. The van der Waals surface area contributed by atoms with E-state index in [9.17, 15) is 9.59 Å². The van der Waals surface area contributed by atoms with Crippen LogP contribution in [0.1, 0.15) is 12.8 Å². The molecule has 0 bridgehead atoms. The van der Waals surface area contributed by atoms with Gasteiger partial charge in [-0.1, -0.05) is 0 Å². The van der Waals surface area contributed by atoms with Crippen LogP contribution in [0.25, 0.3) is 0 Å². The lowest BCUT2D eigenvalue weighted by Gasteiger charge is -2.21. The van der Waals surface area contributed by atoms with Gasteiger partial charge < -0.3 is 20.1 Å². The quantitative estimate of drug-likeness (QED) is 0.641. The van der Waals surface area contributed by atoms with E-state index in [2.05, 4.69) is 10.1 Å². The molecule has 0 aromatic heterocycles. The second-order valence-corrected chi connectivity index (χ2v) is 3.48. The zero-order valence-electron chi connectivity index (χ0n) is 8.73. The van der Waals surface area contributed by atoms with Crippen LogP contribution in [-0.4, -0.2) is 54.9 Å². The van der Waals surface area contributed by atoms with E-state index in [1.165, 1.54) is 12.0 Å². The second kappa shape index (κ2) is 5.55. The molecule has 1 saturated heterocycles. The van der Waals surface area contributed by atoms with Gasteiger partial charge in [-0.05, 0) is 12.8 Å². The predicted molar refractivity (Wildman–Crippen MR) is 52.6 cm³/mol. The molecule has 1 rings (SSSR count). The summed E-state index contributed by atoms with van der Waals surface area (Å²) in [5.41, 5.74) is 0. The molecule has 6 heteroatoms. The average Bonchev–Trinajstić information content (AvgIpc) is 2.65. The van der Waals surface area contributed by atoms with Gasteiger partial charge in [0.2, 0.25) is 0 Å². The summed E-state index contributed by atoms with van der Waals surface area (Å²) in [5, 5.41) is 11.7. The second-order valence-electron chi connectivity index (χ2n) is 3.48. The van der Waals surface area contributed by atoms with Crippen molar-refractivity contribution in [2.75, 3.05) is 26.7 Å². The Morgan fingerprint density at radius 1 is 1.60 bits per heavy atom. The van der Waals surface area contributed by atoms with Crippen molar-refractivity contribution in [3.63, 3.8) is 0 Å². The molecule has 0 spiro atoms. The lowest BCUT2D eigenvalue weighted by molar-refractivity contribution is -0.139. The van der Waals surface area contributed by atoms with Gasteiger partial charge in [-0.2, -0.15) is 0 Å². The highest BCUT2D eigenvalue weighted by Gasteiger charge is 2.27. The van der Waals surface area contributed by atoms with Crippen molar-refractivity contribution < 1.29 is 19.4 Å². The molecule has 1 fully saturated rings. The summed E-state index contributed by atoms with van der Waals surface area (Å²) >= 11 is 0.